The molecule has 1 aromatic rings. The van der Waals surface area contributed by atoms with Crippen LogP contribution >= 0.6 is 0 Å². The summed E-state index contributed by atoms with van der Waals surface area (Å²) in [5, 5.41) is 0. The highest BCUT2D eigenvalue weighted by Gasteiger charge is 2.10. The van der Waals surface area contributed by atoms with Gasteiger partial charge in [0.25, 0.3) is 0 Å². The third-order valence-electron chi connectivity index (χ3n) is 2.84. The maximum Gasteiger partial charge on any atom is 0.161 e. The van der Waals surface area contributed by atoms with E-state index in [1.165, 1.54) is 0 Å². The van der Waals surface area contributed by atoms with Crippen LogP contribution in [-0.2, 0) is 4.74 Å². The molecule has 102 valence electrons. The second kappa shape index (κ2) is 7.92. The Morgan fingerprint density at radius 3 is 2.50 bits per heavy atom. The summed E-state index contributed by atoms with van der Waals surface area (Å²) in [6, 6.07) is 7.72. The summed E-state index contributed by atoms with van der Waals surface area (Å²) in [5.41, 5.74) is 0. The summed E-state index contributed by atoms with van der Waals surface area (Å²) in [4.78, 5) is 2.35. The Morgan fingerprint density at radius 1 is 1.17 bits per heavy atom. The van der Waals surface area contributed by atoms with Crippen LogP contribution in [0.5, 0.6) is 11.5 Å². The predicted molar refractivity (Wildman–Crippen MR) is 70.8 cm³/mol. The average molecular weight is 254 g/mol. The van der Waals surface area contributed by atoms with Crippen molar-refractivity contribution in [2.75, 3.05) is 46.6 Å². The Bertz CT molecular complexity index is 341. The lowest BCUT2D eigenvalue weighted by molar-refractivity contribution is 0.0321. The molecule has 1 aliphatic heterocycles. The fraction of sp³-hybridized carbons (Fsp3) is 0.538. The standard InChI is InChI=1S/C13H19NO3.H3N/c1-15-12-4-2-3-5-13(12)17-11-8-14-6-9-16-10-7-14;/h2-5H,6-11H2,1H3;1H3. The number of benzene rings is 1. The van der Waals surface area contributed by atoms with E-state index in [1.54, 1.807) is 7.11 Å². The van der Waals surface area contributed by atoms with Gasteiger partial charge in [0.15, 0.2) is 11.5 Å². The van der Waals surface area contributed by atoms with Gasteiger partial charge in [-0.2, -0.15) is 0 Å². The first-order valence-corrected chi connectivity index (χ1v) is 5.96. The van der Waals surface area contributed by atoms with Gasteiger partial charge in [0.05, 0.1) is 20.3 Å². The molecule has 0 atom stereocenters. The first kappa shape index (κ1) is 14.8. The van der Waals surface area contributed by atoms with E-state index in [0.29, 0.717) is 6.61 Å². The van der Waals surface area contributed by atoms with Crippen molar-refractivity contribution in [1.29, 1.82) is 0 Å². The van der Waals surface area contributed by atoms with Crippen molar-refractivity contribution in [3.05, 3.63) is 24.3 Å². The molecule has 0 aromatic heterocycles. The van der Waals surface area contributed by atoms with Crippen LogP contribution in [0.15, 0.2) is 24.3 Å². The molecule has 5 nitrogen and oxygen atoms in total. The van der Waals surface area contributed by atoms with Gasteiger partial charge in [0, 0.05) is 19.6 Å². The highest BCUT2D eigenvalue weighted by atomic mass is 16.5. The molecule has 0 bridgehead atoms. The van der Waals surface area contributed by atoms with Gasteiger partial charge >= 0.3 is 0 Å². The van der Waals surface area contributed by atoms with Crippen molar-refractivity contribution < 1.29 is 14.2 Å². The fourth-order valence-corrected chi connectivity index (χ4v) is 1.85. The summed E-state index contributed by atoms with van der Waals surface area (Å²) in [5.74, 6) is 1.60. The second-order valence-corrected chi connectivity index (χ2v) is 3.95. The zero-order valence-electron chi connectivity index (χ0n) is 10.9. The number of ether oxygens (including phenoxy) is 3. The Labute approximate surface area is 108 Å². The molecule has 1 heterocycles. The molecule has 1 aliphatic rings. The molecule has 0 unspecified atom stereocenters. The van der Waals surface area contributed by atoms with Gasteiger partial charge in [0.1, 0.15) is 6.61 Å². The SMILES string of the molecule is COc1ccccc1OCCN1CCOCC1.N. The van der Waals surface area contributed by atoms with Gasteiger partial charge < -0.3 is 20.4 Å². The third kappa shape index (κ3) is 4.18. The Morgan fingerprint density at radius 2 is 1.83 bits per heavy atom. The van der Waals surface area contributed by atoms with Gasteiger partial charge in [-0.25, -0.2) is 0 Å². The number of rotatable bonds is 5. The van der Waals surface area contributed by atoms with Gasteiger partial charge in [0.2, 0.25) is 0 Å². The molecule has 0 amide bonds. The largest absolute Gasteiger partial charge is 0.493 e. The highest BCUT2D eigenvalue weighted by molar-refractivity contribution is 5.39. The van der Waals surface area contributed by atoms with Gasteiger partial charge in [-0.3, -0.25) is 4.90 Å². The number of hydrogen-bond donors (Lipinski definition) is 1. The van der Waals surface area contributed by atoms with Crippen LogP contribution in [0, 0.1) is 0 Å². The average Bonchev–Trinajstić information content (AvgIpc) is 2.40. The van der Waals surface area contributed by atoms with Gasteiger partial charge in [-0.05, 0) is 12.1 Å². The normalized spacial score (nSPS) is 15.8. The molecule has 3 N–H and O–H groups in total. The summed E-state index contributed by atoms with van der Waals surface area (Å²) < 4.78 is 16.3. The molecule has 2 rings (SSSR count). The third-order valence-corrected chi connectivity index (χ3v) is 2.84. The number of hydrogen-bond acceptors (Lipinski definition) is 5. The smallest absolute Gasteiger partial charge is 0.161 e. The molecular formula is C13H22N2O3. The van der Waals surface area contributed by atoms with Gasteiger partial charge in [-0.1, -0.05) is 12.1 Å². The molecule has 18 heavy (non-hydrogen) atoms. The van der Waals surface area contributed by atoms with Crippen LogP contribution < -0.4 is 15.6 Å². The lowest BCUT2D eigenvalue weighted by atomic mass is 10.3. The van der Waals surface area contributed by atoms with Crippen molar-refractivity contribution in [3.8, 4) is 11.5 Å². The first-order chi connectivity index (χ1) is 8.40. The van der Waals surface area contributed by atoms with Crippen molar-refractivity contribution in [2.45, 2.75) is 0 Å². The zero-order chi connectivity index (χ0) is 11.9. The zero-order valence-corrected chi connectivity index (χ0v) is 10.9. The number of morpholine rings is 1. The number of methoxy groups -OCH3 is 1. The van der Waals surface area contributed by atoms with E-state index in [4.69, 9.17) is 14.2 Å². The van der Waals surface area contributed by atoms with Crippen molar-refractivity contribution in [1.82, 2.24) is 11.1 Å². The minimum atomic E-state index is 0. The van der Waals surface area contributed by atoms with E-state index in [1.807, 2.05) is 24.3 Å². The molecule has 1 aromatic carbocycles. The predicted octanol–water partition coefficient (Wildman–Crippen LogP) is 1.57. The Hall–Kier alpha value is -1.30. The minimum absolute atomic E-state index is 0. The quantitative estimate of drug-likeness (QED) is 0.864. The molecule has 0 aliphatic carbocycles. The fourth-order valence-electron chi connectivity index (χ4n) is 1.85. The lowest BCUT2D eigenvalue weighted by Gasteiger charge is -2.26. The van der Waals surface area contributed by atoms with Crippen LogP contribution in [0.4, 0.5) is 0 Å². The van der Waals surface area contributed by atoms with Crippen LogP contribution in [0.1, 0.15) is 0 Å². The molecule has 1 saturated heterocycles. The van der Waals surface area contributed by atoms with Crippen molar-refractivity contribution in [2.24, 2.45) is 0 Å². The molecule has 5 heteroatoms. The van der Waals surface area contributed by atoms with Crippen LogP contribution in [0.3, 0.4) is 0 Å². The van der Waals surface area contributed by atoms with Crippen molar-refractivity contribution >= 4 is 0 Å². The van der Waals surface area contributed by atoms with Crippen LogP contribution in [0.25, 0.3) is 0 Å². The van der Waals surface area contributed by atoms with Crippen molar-refractivity contribution in [3.63, 3.8) is 0 Å². The topological polar surface area (TPSA) is 65.9 Å². The monoisotopic (exact) mass is 254 g/mol. The Balaban J connectivity index is 0.00000162. The summed E-state index contributed by atoms with van der Waals surface area (Å²) in [7, 11) is 1.66. The molecular weight excluding hydrogens is 232 g/mol. The lowest BCUT2D eigenvalue weighted by Crippen LogP contribution is -2.38. The number of nitrogens with zero attached hydrogens (tertiary/aromatic N) is 1. The van der Waals surface area contributed by atoms with Crippen LogP contribution in [0.2, 0.25) is 0 Å². The second-order valence-electron chi connectivity index (χ2n) is 3.95. The van der Waals surface area contributed by atoms with Gasteiger partial charge in [-0.15, -0.1) is 0 Å². The van der Waals surface area contributed by atoms with Crippen LogP contribution in [-0.4, -0.2) is 51.5 Å². The highest BCUT2D eigenvalue weighted by Crippen LogP contribution is 2.25. The van der Waals surface area contributed by atoms with E-state index < -0.39 is 0 Å². The maximum atomic E-state index is 5.72. The molecule has 0 radical (unpaired) electrons. The molecule has 0 saturated carbocycles. The Kier molecular flexibility index (Phi) is 6.49. The van der Waals surface area contributed by atoms with E-state index in [2.05, 4.69) is 4.90 Å². The summed E-state index contributed by atoms with van der Waals surface area (Å²) in [6.07, 6.45) is 0. The number of para-hydroxylation sites is 2. The van der Waals surface area contributed by atoms with E-state index in [0.717, 1.165) is 44.3 Å². The first-order valence-electron chi connectivity index (χ1n) is 5.96. The summed E-state index contributed by atoms with van der Waals surface area (Å²) in [6.45, 7) is 5.26. The van der Waals surface area contributed by atoms with E-state index >= 15 is 0 Å². The summed E-state index contributed by atoms with van der Waals surface area (Å²) >= 11 is 0. The van der Waals surface area contributed by atoms with E-state index in [-0.39, 0.29) is 6.15 Å². The van der Waals surface area contributed by atoms with E-state index in [9.17, 15) is 0 Å². The maximum absolute atomic E-state index is 5.72. The molecule has 0 spiro atoms. The molecule has 1 fully saturated rings. The minimum Gasteiger partial charge on any atom is -0.493 e.